The Labute approximate surface area is 55.1 Å². The molecule has 1 heterocycles. The molecule has 0 bridgehead atoms. The van der Waals surface area contributed by atoms with E-state index in [0.29, 0.717) is 5.92 Å². The van der Waals surface area contributed by atoms with Gasteiger partial charge in [0.05, 0.1) is 0 Å². The maximum atomic E-state index is 8.95. The van der Waals surface area contributed by atoms with Crippen molar-refractivity contribution >= 4 is 6.21 Å². The van der Waals surface area contributed by atoms with E-state index in [1.165, 1.54) is 5.57 Å². The molecule has 1 aliphatic heterocycles. The molecule has 1 rings (SSSR count). The van der Waals surface area contributed by atoms with E-state index in [-0.39, 0.29) is 0 Å². The Hall–Kier alpha value is -0.790. The second kappa shape index (κ2) is 2.21. The van der Waals surface area contributed by atoms with E-state index < -0.39 is 0 Å². The summed E-state index contributed by atoms with van der Waals surface area (Å²) >= 11 is 0. The van der Waals surface area contributed by atoms with E-state index >= 15 is 0 Å². The zero-order valence-corrected chi connectivity index (χ0v) is 5.83. The highest BCUT2D eigenvalue weighted by Crippen LogP contribution is 2.11. The number of hydrogen-bond acceptors (Lipinski definition) is 1. The Morgan fingerprint density at radius 2 is 2.44 bits per heavy atom. The van der Waals surface area contributed by atoms with Crippen LogP contribution in [0.1, 0.15) is 20.3 Å². The topological polar surface area (TPSA) is 23.2 Å². The summed E-state index contributed by atoms with van der Waals surface area (Å²) in [4.78, 5) is 0. The first-order valence-corrected chi connectivity index (χ1v) is 3.18. The van der Waals surface area contributed by atoms with Crippen molar-refractivity contribution in [1.29, 1.82) is 0 Å². The smallest absolute Gasteiger partial charge is 0.220 e. The lowest BCUT2D eigenvalue weighted by molar-refractivity contribution is -0.724. The lowest BCUT2D eigenvalue weighted by Crippen LogP contribution is -2.13. The molecule has 0 amide bonds. The molecule has 0 saturated heterocycles. The summed E-state index contributed by atoms with van der Waals surface area (Å²) in [5.74, 6) is 0.472. The van der Waals surface area contributed by atoms with Crippen molar-refractivity contribution in [2.24, 2.45) is 5.92 Å². The molecule has 1 atom stereocenters. The molecule has 0 aromatic heterocycles. The quantitative estimate of drug-likeness (QED) is 0.385. The summed E-state index contributed by atoms with van der Waals surface area (Å²) in [7, 11) is 0. The van der Waals surface area contributed by atoms with Gasteiger partial charge in [-0.1, -0.05) is 6.92 Å². The molecule has 0 radical (unpaired) electrons. The molecule has 2 heteroatoms. The fraction of sp³-hybridized carbons (Fsp3) is 0.571. The number of rotatable bonds is 0. The third kappa shape index (κ3) is 1.56. The van der Waals surface area contributed by atoms with E-state index in [0.717, 1.165) is 11.2 Å². The van der Waals surface area contributed by atoms with Crippen LogP contribution in [0.5, 0.6) is 0 Å². The van der Waals surface area contributed by atoms with Gasteiger partial charge in [-0.3, -0.25) is 5.21 Å². The highest BCUT2D eigenvalue weighted by Gasteiger charge is 2.13. The van der Waals surface area contributed by atoms with E-state index in [1.54, 1.807) is 12.4 Å². The molecule has 0 spiro atoms. The van der Waals surface area contributed by atoms with Crippen LogP contribution in [0, 0.1) is 5.92 Å². The molecule has 0 aromatic carbocycles. The van der Waals surface area contributed by atoms with Crippen molar-refractivity contribution in [3.05, 3.63) is 11.8 Å². The van der Waals surface area contributed by atoms with Crippen LogP contribution in [-0.4, -0.2) is 16.2 Å². The second-order valence-electron chi connectivity index (χ2n) is 2.69. The summed E-state index contributed by atoms with van der Waals surface area (Å²) in [5, 5.41) is 8.95. The van der Waals surface area contributed by atoms with Crippen LogP contribution in [0.3, 0.4) is 0 Å². The Morgan fingerprint density at radius 3 is 2.89 bits per heavy atom. The van der Waals surface area contributed by atoms with E-state index in [2.05, 4.69) is 6.92 Å². The first kappa shape index (κ1) is 6.33. The highest BCUT2D eigenvalue weighted by molar-refractivity contribution is 5.56. The molecule has 50 valence electrons. The van der Waals surface area contributed by atoms with Crippen LogP contribution < -0.4 is 0 Å². The Bertz CT molecular complexity index is 170. The minimum absolute atomic E-state index is 0.472. The molecule has 9 heavy (non-hydrogen) atoms. The van der Waals surface area contributed by atoms with E-state index in [9.17, 15) is 0 Å². The first-order chi connectivity index (χ1) is 4.18. The monoisotopic (exact) mass is 126 g/mol. The maximum Gasteiger partial charge on any atom is 0.220 e. The van der Waals surface area contributed by atoms with Crippen molar-refractivity contribution in [2.75, 3.05) is 0 Å². The average Bonchev–Trinajstić information content (AvgIpc) is 1.59. The maximum absolute atomic E-state index is 8.95. The normalized spacial score (nSPS) is 27.1. The third-order valence-electron chi connectivity index (χ3n) is 1.40. The van der Waals surface area contributed by atoms with Crippen LogP contribution in [0.2, 0.25) is 0 Å². The van der Waals surface area contributed by atoms with Crippen LogP contribution in [0.4, 0.5) is 0 Å². The number of hydroxylamine groups is 1. The predicted molar refractivity (Wildman–Crippen MR) is 35.6 cm³/mol. The minimum atomic E-state index is 0.472. The van der Waals surface area contributed by atoms with Crippen LogP contribution >= 0.6 is 0 Å². The Morgan fingerprint density at radius 1 is 1.78 bits per heavy atom. The van der Waals surface area contributed by atoms with Crippen LogP contribution in [0.25, 0.3) is 0 Å². The molecular formula is C7H12NO+. The first-order valence-electron chi connectivity index (χ1n) is 3.18. The van der Waals surface area contributed by atoms with Gasteiger partial charge in [0.2, 0.25) is 12.4 Å². The largest absolute Gasteiger partial charge is 0.286 e. The van der Waals surface area contributed by atoms with Gasteiger partial charge in [-0.15, -0.1) is 0 Å². The predicted octanol–water partition coefficient (Wildman–Crippen LogP) is 1.40. The van der Waals surface area contributed by atoms with E-state index in [4.69, 9.17) is 5.21 Å². The summed E-state index contributed by atoms with van der Waals surface area (Å²) in [6.07, 6.45) is 4.60. The Kier molecular flexibility index (Phi) is 1.56. The highest BCUT2D eigenvalue weighted by atomic mass is 16.5. The molecule has 0 fully saturated rings. The minimum Gasteiger partial charge on any atom is -0.286 e. The van der Waals surface area contributed by atoms with Crippen molar-refractivity contribution < 1.29 is 9.95 Å². The zero-order valence-electron chi connectivity index (χ0n) is 5.83. The summed E-state index contributed by atoms with van der Waals surface area (Å²) in [6, 6.07) is 0. The van der Waals surface area contributed by atoms with Gasteiger partial charge in [0.1, 0.15) is 0 Å². The summed E-state index contributed by atoms with van der Waals surface area (Å²) < 4.78 is 1.14. The molecular weight excluding hydrogens is 114 g/mol. The van der Waals surface area contributed by atoms with Crippen LogP contribution in [-0.2, 0) is 0 Å². The van der Waals surface area contributed by atoms with Crippen molar-refractivity contribution in [3.8, 4) is 0 Å². The van der Waals surface area contributed by atoms with Gasteiger partial charge >= 0.3 is 0 Å². The van der Waals surface area contributed by atoms with Gasteiger partial charge in [0.15, 0.2) is 0 Å². The van der Waals surface area contributed by atoms with Crippen LogP contribution in [0.15, 0.2) is 11.8 Å². The van der Waals surface area contributed by atoms with Gasteiger partial charge in [-0.25, -0.2) is 0 Å². The van der Waals surface area contributed by atoms with Gasteiger partial charge in [-0.05, 0) is 23.7 Å². The second-order valence-corrected chi connectivity index (χ2v) is 2.69. The van der Waals surface area contributed by atoms with Gasteiger partial charge in [-0.2, -0.15) is 0 Å². The molecule has 1 aliphatic rings. The fourth-order valence-electron chi connectivity index (χ4n) is 1.14. The van der Waals surface area contributed by atoms with Crippen molar-refractivity contribution in [1.82, 2.24) is 0 Å². The van der Waals surface area contributed by atoms with E-state index in [1.807, 2.05) is 6.92 Å². The fourth-order valence-corrected chi connectivity index (χ4v) is 1.14. The molecule has 0 aromatic rings. The zero-order chi connectivity index (χ0) is 6.85. The summed E-state index contributed by atoms with van der Waals surface area (Å²) in [6.45, 7) is 4.10. The standard InChI is InChI=1S/C7H12NO/c1-6-3-7(2)5-8(9)4-6/h4-6,9H,3H2,1-2H3/q+1. The molecule has 0 aliphatic carbocycles. The van der Waals surface area contributed by atoms with Gasteiger partial charge in [0, 0.05) is 5.92 Å². The lowest BCUT2D eigenvalue weighted by Gasteiger charge is -2.04. The Balaban J connectivity index is 2.74. The van der Waals surface area contributed by atoms with Gasteiger partial charge < -0.3 is 0 Å². The molecule has 2 nitrogen and oxygen atoms in total. The summed E-state index contributed by atoms with van der Waals surface area (Å²) in [5.41, 5.74) is 1.23. The molecule has 0 saturated carbocycles. The van der Waals surface area contributed by atoms with Crippen molar-refractivity contribution in [3.63, 3.8) is 0 Å². The SMILES string of the molecule is CC1=C[N+](O)=CC(C)C1. The van der Waals surface area contributed by atoms with Gasteiger partial charge in [0.25, 0.3) is 0 Å². The lowest BCUT2D eigenvalue weighted by atomic mass is 10.0. The van der Waals surface area contributed by atoms with Crippen molar-refractivity contribution in [2.45, 2.75) is 20.3 Å². The number of allylic oxidation sites excluding steroid dienone is 1. The molecule has 1 unspecified atom stereocenters. The molecule has 1 N–H and O–H groups in total. The number of hydrogen-bond donors (Lipinski definition) is 1. The average molecular weight is 126 g/mol. The number of nitrogens with zero attached hydrogens (tertiary/aromatic N) is 1. The third-order valence-corrected chi connectivity index (χ3v) is 1.40.